The molecule has 8 nitrogen and oxygen atoms in total. The van der Waals surface area contributed by atoms with Crippen LogP contribution in [0.4, 0.5) is 0 Å². The van der Waals surface area contributed by atoms with E-state index in [0.29, 0.717) is 33.5 Å². The smallest absolute Gasteiger partial charge is 0.354 e. The minimum atomic E-state index is -1.13. The summed E-state index contributed by atoms with van der Waals surface area (Å²) in [6.07, 6.45) is 0. The Hall–Kier alpha value is -4.20. The molecule has 0 atom stereocenters. The third kappa shape index (κ3) is 3.03. The fourth-order valence-corrected chi connectivity index (χ4v) is 2.85. The molecule has 4 aromatic rings. The average Bonchev–Trinajstić information content (AvgIpc) is 2.73. The maximum Gasteiger partial charge on any atom is 0.354 e. The van der Waals surface area contributed by atoms with Crippen LogP contribution in [0.5, 0.6) is 0 Å². The number of hydrogen-bond acceptors (Lipinski definition) is 6. The Morgan fingerprint density at radius 1 is 0.607 bits per heavy atom. The second-order valence-electron chi connectivity index (χ2n) is 5.87. The molecule has 0 saturated carbocycles. The highest BCUT2D eigenvalue weighted by molar-refractivity contribution is 6.01. The lowest BCUT2D eigenvalue weighted by Crippen LogP contribution is -2.04. The van der Waals surface area contributed by atoms with E-state index >= 15 is 0 Å². The number of carboxylic acid groups (broad SMARTS) is 2. The van der Waals surface area contributed by atoms with Gasteiger partial charge in [0.1, 0.15) is 22.8 Å². The maximum atomic E-state index is 11.2. The van der Waals surface area contributed by atoms with E-state index in [1.54, 1.807) is 24.3 Å². The van der Waals surface area contributed by atoms with E-state index in [0.717, 1.165) is 0 Å². The highest BCUT2D eigenvalue weighted by Crippen LogP contribution is 2.30. The van der Waals surface area contributed by atoms with Gasteiger partial charge in [-0.05, 0) is 24.3 Å². The van der Waals surface area contributed by atoms with Crippen LogP contribution in [0.3, 0.4) is 0 Å². The summed E-state index contributed by atoms with van der Waals surface area (Å²) >= 11 is 0. The van der Waals surface area contributed by atoms with Crippen LogP contribution in [0.2, 0.25) is 0 Å². The van der Waals surface area contributed by atoms with Gasteiger partial charge in [-0.15, -0.1) is 10.2 Å². The van der Waals surface area contributed by atoms with Crippen molar-refractivity contribution in [1.82, 2.24) is 20.2 Å². The van der Waals surface area contributed by atoms with Gasteiger partial charge in [0.2, 0.25) is 0 Å². The highest BCUT2D eigenvalue weighted by Gasteiger charge is 2.16. The summed E-state index contributed by atoms with van der Waals surface area (Å²) in [5.41, 5.74) is 1.42. The summed E-state index contributed by atoms with van der Waals surface area (Å²) in [4.78, 5) is 30.7. The lowest BCUT2D eigenvalue weighted by molar-refractivity contribution is 0.0680. The molecule has 0 saturated heterocycles. The van der Waals surface area contributed by atoms with Crippen LogP contribution >= 0.6 is 0 Å². The summed E-state index contributed by atoms with van der Waals surface area (Å²) in [5.74, 6) is -2.27. The molecular formula is C20H12N4O4. The summed E-state index contributed by atoms with van der Waals surface area (Å²) in [6.45, 7) is 0. The Kier molecular flexibility index (Phi) is 4.21. The number of aromatic carboxylic acids is 2. The van der Waals surface area contributed by atoms with Crippen LogP contribution in [0.25, 0.3) is 33.5 Å². The first kappa shape index (κ1) is 17.2. The number of rotatable bonds is 4. The molecule has 0 fully saturated rings. The standard InChI is InChI=1S/C20H12N4O4/c25-19(26)15-9-3-7-13(21-15)17-11-5-1-2-6-12(11)18(24-23-17)14-8-4-10-16(22-14)20(27)28/h1-10H,(H,25,26)(H,27,28). The minimum absolute atomic E-state index is 0.0942. The van der Waals surface area contributed by atoms with E-state index in [1.165, 1.54) is 12.1 Å². The first-order chi connectivity index (χ1) is 13.5. The van der Waals surface area contributed by atoms with E-state index in [-0.39, 0.29) is 11.4 Å². The Morgan fingerprint density at radius 3 is 1.43 bits per heavy atom. The normalized spacial score (nSPS) is 10.7. The Balaban J connectivity index is 1.93. The van der Waals surface area contributed by atoms with E-state index in [4.69, 9.17) is 0 Å². The Bertz CT molecular complexity index is 1140. The number of nitrogens with zero attached hydrogens (tertiary/aromatic N) is 4. The lowest BCUT2D eigenvalue weighted by Gasteiger charge is -2.09. The van der Waals surface area contributed by atoms with Crippen molar-refractivity contribution in [3.05, 3.63) is 72.1 Å². The average molecular weight is 372 g/mol. The zero-order chi connectivity index (χ0) is 19.7. The van der Waals surface area contributed by atoms with Crippen molar-refractivity contribution in [2.45, 2.75) is 0 Å². The Labute approximate surface area is 158 Å². The summed E-state index contributed by atoms with van der Waals surface area (Å²) in [7, 11) is 0. The van der Waals surface area contributed by atoms with E-state index in [2.05, 4.69) is 20.2 Å². The number of hydrogen-bond donors (Lipinski definition) is 2. The molecule has 1 aromatic carbocycles. The molecule has 28 heavy (non-hydrogen) atoms. The molecular weight excluding hydrogens is 360 g/mol. The van der Waals surface area contributed by atoms with E-state index < -0.39 is 11.9 Å². The number of carbonyl (C=O) groups is 2. The molecule has 136 valence electrons. The molecule has 3 aromatic heterocycles. The zero-order valence-corrected chi connectivity index (χ0v) is 14.3. The molecule has 0 bridgehead atoms. The maximum absolute atomic E-state index is 11.2. The SMILES string of the molecule is O=C(O)c1cccc(-c2nnc(-c3cccc(C(=O)O)n3)c3ccccc23)n1. The van der Waals surface area contributed by atoms with Crippen molar-refractivity contribution in [3.8, 4) is 22.8 Å². The summed E-state index contributed by atoms with van der Waals surface area (Å²) < 4.78 is 0. The van der Waals surface area contributed by atoms with Gasteiger partial charge in [-0.3, -0.25) is 0 Å². The number of benzene rings is 1. The van der Waals surface area contributed by atoms with Crippen LogP contribution in [0.1, 0.15) is 21.0 Å². The topological polar surface area (TPSA) is 126 Å². The molecule has 8 heteroatoms. The fraction of sp³-hybridized carbons (Fsp3) is 0. The number of aromatic nitrogens is 4. The minimum Gasteiger partial charge on any atom is -0.477 e. The fourth-order valence-electron chi connectivity index (χ4n) is 2.85. The lowest BCUT2D eigenvalue weighted by atomic mass is 10.0. The van der Waals surface area contributed by atoms with E-state index in [1.807, 2.05) is 24.3 Å². The molecule has 2 N–H and O–H groups in total. The molecule has 3 heterocycles. The molecule has 0 amide bonds. The van der Waals surface area contributed by atoms with Gasteiger partial charge in [-0.1, -0.05) is 36.4 Å². The van der Waals surface area contributed by atoms with Crippen LogP contribution in [0.15, 0.2) is 60.7 Å². The molecule has 0 spiro atoms. The van der Waals surface area contributed by atoms with Crippen molar-refractivity contribution >= 4 is 22.7 Å². The zero-order valence-electron chi connectivity index (χ0n) is 14.3. The predicted octanol–water partition coefficient (Wildman–Crippen LogP) is 3.15. The monoisotopic (exact) mass is 372 g/mol. The van der Waals surface area contributed by atoms with Crippen LogP contribution in [0, 0.1) is 0 Å². The van der Waals surface area contributed by atoms with Crippen LogP contribution < -0.4 is 0 Å². The predicted molar refractivity (Wildman–Crippen MR) is 99.9 cm³/mol. The van der Waals surface area contributed by atoms with Gasteiger partial charge in [0.05, 0.1) is 11.4 Å². The number of pyridine rings is 2. The van der Waals surface area contributed by atoms with Gasteiger partial charge in [-0.25, -0.2) is 19.6 Å². The van der Waals surface area contributed by atoms with Gasteiger partial charge in [0.25, 0.3) is 0 Å². The second-order valence-corrected chi connectivity index (χ2v) is 5.87. The third-order valence-corrected chi connectivity index (χ3v) is 4.11. The van der Waals surface area contributed by atoms with E-state index in [9.17, 15) is 19.8 Å². The van der Waals surface area contributed by atoms with Gasteiger partial charge in [0, 0.05) is 10.8 Å². The van der Waals surface area contributed by atoms with Crippen molar-refractivity contribution in [1.29, 1.82) is 0 Å². The summed E-state index contributed by atoms with van der Waals surface area (Å²) in [5, 5.41) is 28.2. The first-order valence-corrected chi connectivity index (χ1v) is 8.21. The first-order valence-electron chi connectivity index (χ1n) is 8.21. The second kappa shape index (κ2) is 6.84. The summed E-state index contributed by atoms with van der Waals surface area (Å²) in [6, 6.07) is 16.6. The molecule has 4 rings (SSSR count). The van der Waals surface area contributed by atoms with Crippen molar-refractivity contribution < 1.29 is 19.8 Å². The largest absolute Gasteiger partial charge is 0.477 e. The van der Waals surface area contributed by atoms with Gasteiger partial charge in [0.15, 0.2) is 0 Å². The quantitative estimate of drug-likeness (QED) is 0.559. The number of fused-ring (bicyclic) bond motifs is 1. The van der Waals surface area contributed by atoms with Crippen LogP contribution in [-0.4, -0.2) is 42.3 Å². The van der Waals surface area contributed by atoms with Gasteiger partial charge < -0.3 is 10.2 Å². The van der Waals surface area contributed by atoms with Gasteiger partial charge in [-0.2, -0.15) is 0 Å². The Morgan fingerprint density at radius 2 is 1.04 bits per heavy atom. The highest BCUT2D eigenvalue weighted by atomic mass is 16.4. The van der Waals surface area contributed by atoms with Crippen molar-refractivity contribution in [3.63, 3.8) is 0 Å². The molecule has 0 aliphatic rings. The third-order valence-electron chi connectivity index (χ3n) is 4.11. The van der Waals surface area contributed by atoms with Crippen molar-refractivity contribution in [2.24, 2.45) is 0 Å². The molecule has 0 radical (unpaired) electrons. The molecule has 0 aliphatic heterocycles. The van der Waals surface area contributed by atoms with Gasteiger partial charge >= 0.3 is 11.9 Å². The molecule has 0 aliphatic carbocycles. The van der Waals surface area contributed by atoms with Crippen LogP contribution in [-0.2, 0) is 0 Å². The molecule has 0 unspecified atom stereocenters. The van der Waals surface area contributed by atoms with Crippen molar-refractivity contribution in [2.75, 3.05) is 0 Å². The number of carboxylic acids is 2.